The molecule has 1 aromatic rings. The van der Waals surface area contributed by atoms with Gasteiger partial charge in [-0.2, -0.15) is 0 Å². The first kappa shape index (κ1) is 17.5. The van der Waals surface area contributed by atoms with Gasteiger partial charge in [0.1, 0.15) is 17.9 Å². The van der Waals surface area contributed by atoms with Crippen molar-refractivity contribution < 1.29 is 18.4 Å². The Morgan fingerprint density at radius 2 is 1.96 bits per heavy atom. The lowest BCUT2D eigenvalue weighted by Crippen LogP contribution is -2.26. The Kier molecular flexibility index (Phi) is 6.21. The van der Waals surface area contributed by atoms with Gasteiger partial charge in [-0.15, -0.1) is 0 Å². The summed E-state index contributed by atoms with van der Waals surface area (Å²) in [4.78, 5) is 22.5. The molecule has 1 aliphatic rings. The summed E-state index contributed by atoms with van der Waals surface area (Å²) in [6, 6.07) is 2.68. The molecule has 1 unspecified atom stereocenters. The van der Waals surface area contributed by atoms with E-state index in [1.54, 1.807) is 0 Å². The smallest absolute Gasteiger partial charge is 0.219 e. The average Bonchev–Trinajstić information content (AvgIpc) is 2.57. The van der Waals surface area contributed by atoms with Gasteiger partial charge in [-0.3, -0.25) is 4.79 Å². The maximum atomic E-state index is 14.4. The van der Waals surface area contributed by atoms with E-state index in [-0.39, 0.29) is 30.2 Å². The Labute approximate surface area is 134 Å². The molecule has 1 aliphatic heterocycles. The van der Waals surface area contributed by atoms with Gasteiger partial charge in [-0.1, -0.05) is 0 Å². The Morgan fingerprint density at radius 1 is 1.35 bits per heavy atom. The third kappa shape index (κ3) is 4.34. The summed E-state index contributed by atoms with van der Waals surface area (Å²) in [5, 5.41) is 5.64. The van der Waals surface area contributed by atoms with Crippen LogP contribution in [-0.2, 0) is 9.59 Å². The standard InChI is InChI=1S/C17H22F2N2O2/c1-20-16(23)3-2-12(10-22)17-14(18)8-13(9-15(17)19)11-4-6-21-7-5-11/h8-12,21H,2-7H2,1H3,(H,20,23). The van der Waals surface area contributed by atoms with Crippen LogP contribution in [0, 0.1) is 11.6 Å². The number of aldehydes is 1. The molecule has 0 saturated carbocycles. The van der Waals surface area contributed by atoms with Crippen LogP contribution in [0.5, 0.6) is 0 Å². The zero-order chi connectivity index (χ0) is 16.8. The second-order valence-electron chi connectivity index (χ2n) is 5.88. The van der Waals surface area contributed by atoms with Crippen LogP contribution in [0.15, 0.2) is 12.1 Å². The minimum atomic E-state index is -0.950. The summed E-state index contributed by atoms with van der Waals surface area (Å²) in [5.74, 6) is -2.48. The number of rotatable bonds is 6. The van der Waals surface area contributed by atoms with Crippen molar-refractivity contribution in [2.75, 3.05) is 20.1 Å². The highest BCUT2D eigenvalue weighted by Gasteiger charge is 2.24. The molecule has 0 radical (unpaired) electrons. The quantitative estimate of drug-likeness (QED) is 0.789. The molecule has 2 N–H and O–H groups in total. The lowest BCUT2D eigenvalue weighted by molar-refractivity contribution is -0.120. The number of halogens is 2. The Bertz CT molecular complexity index is 549. The van der Waals surface area contributed by atoms with E-state index in [0.717, 1.165) is 25.9 Å². The molecular weight excluding hydrogens is 302 g/mol. The molecule has 1 fully saturated rings. The monoisotopic (exact) mass is 324 g/mol. The van der Waals surface area contributed by atoms with Gasteiger partial charge >= 0.3 is 0 Å². The number of carbonyl (C=O) groups excluding carboxylic acids is 2. The molecule has 0 bridgehead atoms. The highest BCUT2D eigenvalue weighted by atomic mass is 19.1. The van der Waals surface area contributed by atoms with Crippen molar-refractivity contribution in [2.45, 2.75) is 37.5 Å². The molecule has 0 aliphatic carbocycles. The zero-order valence-corrected chi connectivity index (χ0v) is 13.2. The lowest BCUT2D eigenvalue weighted by atomic mass is 9.87. The fourth-order valence-corrected chi connectivity index (χ4v) is 3.04. The zero-order valence-electron chi connectivity index (χ0n) is 13.2. The molecule has 6 heteroatoms. The molecule has 126 valence electrons. The third-order valence-electron chi connectivity index (χ3n) is 4.41. The number of benzene rings is 1. The van der Waals surface area contributed by atoms with Crippen molar-refractivity contribution >= 4 is 12.2 Å². The van der Waals surface area contributed by atoms with E-state index in [0.29, 0.717) is 11.8 Å². The van der Waals surface area contributed by atoms with Crippen molar-refractivity contribution in [2.24, 2.45) is 0 Å². The van der Waals surface area contributed by atoms with E-state index in [2.05, 4.69) is 10.6 Å². The summed E-state index contributed by atoms with van der Waals surface area (Å²) in [6.45, 7) is 1.66. The molecular formula is C17H22F2N2O2. The third-order valence-corrected chi connectivity index (χ3v) is 4.41. The molecule has 2 rings (SSSR count). The summed E-state index contributed by atoms with van der Waals surface area (Å²) < 4.78 is 28.8. The van der Waals surface area contributed by atoms with Gasteiger partial charge in [0.25, 0.3) is 0 Å². The number of hydrogen-bond acceptors (Lipinski definition) is 3. The molecule has 23 heavy (non-hydrogen) atoms. The van der Waals surface area contributed by atoms with Crippen LogP contribution < -0.4 is 10.6 Å². The number of carbonyl (C=O) groups is 2. The number of hydrogen-bond donors (Lipinski definition) is 2. The van der Waals surface area contributed by atoms with Gasteiger partial charge < -0.3 is 15.4 Å². The summed E-state index contributed by atoms with van der Waals surface area (Å²) in [7, 11) is 1.48. The molecule has 4 nitrogen and oxygen atoms in total. The molecule has 0 aromatic heterocycles. The van der Waals surface area contributed by atoms with Gasteiger partial charge in [0.05, 0.1) is 0 Å². The second kappa shape index (κ2) is 8.15. The summed E-state index contributed by atoms with van der Waals surface area (Å²) in [6.07, 6.45) is 2.32. The van der Waals surface area contributed by atoms with Gasteiger partial charge in [0.2, 0.25) is 5.91 Å². The van der Waals surface area contributed by atoms with E-state index in [1.807, 2.05) is 0 Å². The predicted octanol–water partition coefficient (Wildman–Crippen LogP) is 2.24. The van der Waals surface area contributed by atoms with E-state index < -0.39 is 17.6 Å². The molecule has 1 saturated heterocycles. The molecule has 1 atom stereocenters. The number of amides is 1. The summed E-state index contributed by atoms with van der Waals surface area (Å²) in [5.41, 5.74) is 0.405. The van der Waals surface area contributed by atoms with Crippen LogP contribution in [0.2, 0.25) is 0 Å². The minimum Gasteiger partial charge on any atom is -0.359 e. The number of nitrogens with one attached hydrogen (secondary N) is 2. The van der Waals surface area contributed by atoms with Gasteiger partial charge in [0.15, 0.2) is 0 Å². The average molecular weight is 324 g/mol. The first-order valence-corrected chi connectivity index (χ1v) is 7.92. The highest BCUT2D eigenvalue weighted by Crippen LogP contribution is 2.31. The van der Waals surface area contributed by atoms with Crippen LogP contribution in [0.1, 0.15) is 48.6 Å². The molecule has 1 aromatic carbocycles. The van der Waals surface area contributed by atoms with Gasteiger partial charge in [0, 0.05) is 24.9 Å². The molecule has 0 spiro atoms. The molecule has 1 heterocycles. The van der Waals surface area contributed by atoms with E-state index in [4.69, 9.17) is 0 Å². The van der Waals surface area contributed by atoms with Crippen LogP contribution in [0.3, 0.4) is 0 Å². The van der Waals surface area contributed by atoms with Crippen molar-refractivity contribution in [3.05, 3.63) is 34.9 Å². The first-order chi connectivity index (χ1) is 11.1. The van der Waals surface area contributed by atoms with E-state index in [1.165, 1.54) is 19.2 Å². The van der Waals surface area contributed by atoms with E-state index in [9.17, 15) is 18.4 Å². The second-order valence-corrected chi connectivity index (χ2v) is 5.88. The summed E-state index contributed by atoms with van der Waals surface area (Å²) >= 11 is 0. The number of piperidine rings is 1. The minimum absolute atomic E-state index is 0.0504. The van der Waals surface area contributed by atoms with Crippen LogP contribution in [0.4, 0.5) is 8.78 Å². The van der Waals surface area contributed by atoms with Crippen LogP contribution >= 0.6 is 0 Å². The lowest BCUT2D eigenvalue weighted by Gasteiger charge is -2.24. The Hall–Kier alpha value is -1.82. The Balaban J connectivity index is 2.20. The highest BCUT2D eigenvalue weighted by molar-refractivity contribution is 5.76. The maximum absolute atomic E-state index is 14.4. The molecule has 1 amide bonds. The normalized spacial score (nSPS) is 16.8. The predicted molar refractivity (Wildman–Crippen MR) is 83.3 cm³/mol. The topological polar surface area (TPSA) is 58.2 Å². The fourth-order valence-electron chi connectivity index (χ4n) is 3.04. The first-order valence-electron chi connectivity index (χ1n) is 7.92. The van der Waals surface area contributed by atoms with E-state index >= 15 is 0 Å². The van der Waals surface area contributed by atoms with Crippen molar-refractivity contribution in [3.8, 4) is 0 Å². The van der Waals surface area contributed by atoms with Crippen LogP contribution in [-0.4, -0.2) is 32.3 Å². The van der Waals surface area contributed by atoms with Crippen molar-refractivity contribution in [1.29, 1.82) is 0 Å². The van der Waals surface area contributed by atoms with Crippen molar-refractivity contribution in [3.63, 3.8) is 0 Å². The maximum Gasteiger partial charge on any atom is 0.219 e. The SMILES string of the molecule is CNC(=O)CCC(C=O)c1c(F)cc(C2CCNCC2)cc1F. The van der Waals surface area contributed by atoms with Gasteiger partial charge in [-0.05, 0) is 56.0 Å². The largest absolute Gasteiger partial charge is 0.359 e. The van der Waals surface area contributed by atoms with Crippen molar-refractivity contribution in [1.82, 2.24) is 10.6 Å². The van der Waals surface area contributed by atoms with Gasteiger partial charge in [-0.25, -0.2) is 8.78 Å². The Morgan fingerprint density at radius 3 is 2.48 bits per heavy atom. The van der Waals surface area contributed by atoms with Crippen LogP contribution in [0.25, 0.3) is 0 Å². The fraction of sp³-hybridized carbons (Fsp3) is 0.529.